The Morgan fingerprint density at radius 3 is 2.25 bits per heavy atom. The Kier molecular flexibility index (Phi) is 3.59. The van der Waals surface area contributed by atoms with Gasteiger partial charge in [0.2, 0.25) is 11.8 Å². The first-order valence-electron chi connectivity index (χ1n) is 6.27. The lowest BCUT2D eigenvalue weighted by Gasteiger charge is -2.29. The van der Waals surface area contributed by atoms with Crippen molar-refractivity contribution in [1.82, 2.24) is 4.90 Å². The predicted molar refractivity (Wildman–Crippen MR) is 60.5 cm³/mol. The summed E-state index contributed by atoms with van der Waals surface area (Å²) < 4.78 is 0. The zero-order valence-electron chi connectivity index (χ0n) is 9.65. The Hall–Kier alpha value is -0.900. The summed E-state index contributed by atoms with van der Waals surface area (Å²) in [6.45, 7) is 0.433. The van der Waals surface area contributed by atoms with E-state index in [-0.39, 0.29) is 17.9 Å². The summed E-state index contributed by atoms with van der Waals surface area (Å²) in [5.41, 5.74) is 6.09. The fourth-order valence-electron chi connectivity index (χ4n) is 2.75. The van der Waals surface area contributed by atoms with Crippen molar-refractivity contribution >= 4 is 11.8 Å². The fraction of sp³-hybridized carbons (Fsp3) is 0.833. The molecule has 1 aliphatic carbocycles. The number of rotatable bonds is 3. The first kappa shape index (κ1) is 11.6. The van der Waals surface area contributed by atoms with Crippen molar-refractivity contribution < 1.29 is 9.59 Å². The Bertz CT molecular complexity index is 269. The smallest absolute Gasteiger partial charge is 0.229 e. The summed E-state index contributed by atoms with van der Waals surface area (Å²) in [5.74, 6) is 0.428. The first-order chi connectivity index (χ1) is 7.68. The van der Waals surface area contributed by atoms with Gasteiger partial charge in [-0.3, -0.25) is 14.5 Å². The zero-order valence-corrected chi connectivity index (χ0v) is 9.65. The second-order valence-corrected chi connectivity index (χ2v) is 4.96. The van der Waals surface area contributed by atoms with Crippen LogP contribution >= 0.6 is 0 Å². The van der Waals surface area contributed by atoms with E-state index >= 15 is 0 Å². The summed E-state index contributed by atoms with van der Waals surface area (Å²) in [6, 6.07) is -0.0199. The van der Waals surface area contributed by atoms with Crippen LogP contribution in [0.5, 0.6) is 0 Å². The van der Waals surface area contributed by atoms with E-state index in [4.69, 9.17) is 5.73 Å². The first-order valence-corrected chi connectivity index (χ1v) is 6.27. The zero-order chi connectivity index (χ0) is 11.5. The van der Waals surface area contributed by atoms with Gasteiger partial charge in [-0.15, -0.1) is 0 Å². The Morgan fingerprint density at radius 1 is 1.12 bits per heavy atom. The highest BCUT2D eigenvalue weighted by molar-refractivity contribution is 5.97. The van der Waals surface area contributed by atoms with Gasteiger partial charge in [0, 0.05) is 25.4 Å². The highest BCUT2D eigenvalue weighted by Gasteiger charge is 2.30. The highest BCUT2D eigenvalue weighted by Crippen LogP contribution is 2.27. The van der Waals surface area contributed by atoms with Gasteiger partial charge >= 0.3 is 0 Å². The van der Waals surface area contributed by atoms with Gasteiger partial charge in [0.15, 0.2) is 0 Å². The number of imide groups is 1. The van der Waals surface area contributed by atoms with E-state index in [1.165, 1.54) is 17.7 Å². The molecular weight excluding hydrogens is 204 g/mol. The van der Waals surface area contributed by atoms with Gasteiger partial charge in [-0.05, 0) is 25.2 Å². The molecule has 1 saturated heterocycles. The maximum absolute atomic E-state index is 11.6. The number of amides is 2. The standard InChI is InChI=1S/C12H20N2O2/c13-10(9-4-1-2-5-9)8-14-11(15)6-3-7-12(14)16/h9-10H,1-8,13H2. The number of nitrogens with zero attached hydrogens (tertiary/aromatic N) is 1. The van der Waals surface area contributed by atoms with Gasteiger partial charge in [-0.1, -0.05) is 12.8 Å². The van der Waals surface area contributed by atoms with Crippen molar-refractivity contribution in [1.29, 1.82) is 0 Å². The summed E-state index contributed by atoms with van der Waals surface area (Å²) >= 11 is 0. The van der Waals surface area contributed by atoms with Crippen LogP contribution in [-0.2, 0) is 9.59 Å². The lowest BCUT2D eigenvalue weighted by Crippen LogP contribution is -2.48. The number of carbonyl (C=O) groups excluding carboxylic acids is 2. The van der Waals surface area contributed by atoms with Gasteiger partial charge in [-0.25, -0.2) is 0 Å². The van der Waals surface area contributed by atoms with Gasteiger partial charge in [0.1, 0.15) is 0 Å². The minimum absolute atomic E-state index is 0.0199. The normalized spacial score (nSPS) is 25.2. The molecule has 0 aromatic heterocycles. The molecule has 1 heterocycles. The van der Waals surface area contributed by atoms with Crippen LogP contribution in [0.15, 0.2) is 0 Å². The topological polar surface area (TPSA) is 63.4 Å². The van der Waals surface area contributed by atoms with Crippen LogP contribution in [0.1, 0.15) is 44.9 Å². The molecule has 4 heteroatoms. The number of hydrogen-bond donors (Lipinski definition) is 1. The average Bonchev–Trinajstić information content (AvgIpc) is 2.76. The third-order valence-electron chi connectivity index (χ3n) is 3.78. The molecule has 2 amide bonds. The molecule has 2 fully saturated rings. The van der Waals surface area contributed by atoms with Gasteiger partial charge in [0.25, 0.3) is 0 Å². The average molecular weight is 224 g/mol. The second kappa shape index (κ2) is 4.95. The molecule has 0 radical (unpaired) electrons. The van der Waals surface area contributed by atoms with Crippen molar-refractivity contribution in [3.05, 3.63) is 0 Å². The number of piperidine rings is 1. The molecular formula is C12H20N2O2. The Labute approximate surface area is 96.2 Å². The van der Waals surface area contributed by atoms with Gasteiger partial charge in [0.05, 0.1) is 0 Å². The summed E-state index contributed by atoms with van der Waals surface area (Å²) in [5, 5.41) is 0. The minimum Gasteiger partial charge on any atom is -0.326 e. The highest BCUT2D eigenvalue weighted by atomic mass is 16.2. The van der Waals surface area contributed by atoms with E-state index in [1.807, 2.05) is 0 Å². The monoisotopic (exact) mass is 224 g/mol. The Morgan fingerprint density at radius 2 is 1.69 bits per heavy atom. The molecule has 16 heavy (non-hydrogen) atoms. The van der Waals surface area contributed by atoms with E-state index < -0.39 is 0 Å². The van der Waals surface area contributed by atoms with Crippen LogP contribution in [0.4, 0.5) is 0 Å². The third kappa shape index (κ3) is 2.43. The van der Waals surface area contributed by atoms with Gasteiger partial charge < -0.3 is 5.73 Å². The predicted octanol–water partition coefficient (Wildman–Crippen LogP) is 1.04. The molecule has 0 aromatic rings. The summed E-state index contributed by atoms with van der Waals surface area (Å²) in [4.78, 5) is 24.6. The number of nitrogens with two attached hydrogens (primary N) is 1. The second-order valence-electron chi connectivity index (χ2n) is 4.96. The molecule has 2 rings (SSSR count). The lowest BCUT2D eigenvalue weighted by atomic mass is 9.97. The molecule has 0 aromatic carbocycles. The minimum atomic E-state index is -0.0373. The Balaban J connectivity index is 1.91. The van der Waals surface area contributed by atoms with Crippen LogP contribution in [0, 0.1) is 5.92 Å². The number of likely N-dealkylation sites (tertiary alicyclic amines) is 1. The molecule has 0 bridgehead atoms. The fourth-order valence-corrected chi connectivity index (χ4v) is 2.75. The maximum Gasteiger partial charge on any atom is 0.229 e. The SMILES string of the molecule is NC(CN1C(=O)CCCC1=O)C1CCCC1. The summed E-state index contributed by atoms with van der Waals surface area (Å²) in [6.07, 6.45) is 6.48. The summed E-state index contributed by atoms with van der Waals surface area (Å²) in [7, 11) is 0. The van der Waals surface area contributed by atoms with Crippen molar-refractivity contribution in [3.8, 4) is 0 Å². The van der Waals surface area contributed by atoms with E-state index in [1.54, 1.807) is 0 Å². The van der Waals surface area contributed by atoms with E-state index in [0.717, 1.165) is 12.8 Å². The van der Waals surface area contributed by atoms with Crippen LogP contribution in [0.3, 0.4) is 0 Å². The third-order valence-corrected chi connectivity index (χ3v) is 3.78. The van der Waals surface area contributed by atoms with Crippen molar-refractivity contribution in [2.75, 3.05) is 6.54 Å². The van der Waals surface area contributed by atoms with Crippen LogP contribution < -0.4 is 5.73 Å². The maximum atomic E-state index is 11.6. The molecule has 2 N–H and O–H groups in total. The van der Waals surface area contributed by atoms with E-state index in [2.05, 4.69) is 0 Å². The van der Waals surface area contributed by atoms with Gasteiger partial charge in [-0.2, -0.15) is 0 Å². The molecule has 1 aliphatic heterocycles. The van der Waals surface area contributed by atoms with Crippen molar-refractivity contribution in [2.45, 2.75) is 51.0 Å². The molecule has 1 unspecified atom stereocenters. The number of hydrogen-bond acceptors (Lipinski definition) is 3. The number of carbonyl (C=O) groups is 2. The molecule has 90 valence electrons. The lowest BCUT2D eigenvalue weighted by molar-refractivity contribution is -0.148. The van der Waals surface area contributed by atoms with E-state index in [9.17, 15) is 9.59 Å². The quantitative estimate of drug-likeness (QED) is 0.729. The van der Waals surface area contributed by atoms with Crippen molar-refractivity contribution in [2.24, 2.45) is 11.7 Å². The van der Waals surface area contributed by atoms with Crippen LogP contribution in [0.2, 0.25) is 0 Å². The molecule has 1 saturated carbocycles. The van der Waals surface area contributed by atoms with Crippen molar-refractivity contribution in [3.63, 3.8) is 0 Å². The van der Waals surface area contributed by atoms with Crippen LogP contribution in [0.25, 0.3) is 0 Å². The largest absolute Gasteiger partial charge is 0.326 e. The molecule has 4 nitrogen and oxygen atoms in total. The van der Waals surface area contributed by atoms with Crippen LogP contribution in [-0.4, -0.2) is 29.3 Å². The molecule has 2 aliphatic rings. The molecule has 0 spiro atoms. The molecule has 1 atom stereocenters. The van der Waals surface area contributed by atoms with E-state index in [0.29, 0.717) is 31.7 Å².